The lowest BCUT2D eigenvalue weighted by molar-refractivity contribution is -0.142. The lowest BCUT2D eigenvalue weighted by atomic mass is 9.71. The van der Waals surface area contributed by atoms with Crippen LogP contribution in [0.2, 0.25) is 0 Å². The average molecular weight is 526 g/mol. The molecule has 208 valence electrons. The number of carbonyl (C=O) groups is 2. The second kappa shape index (κ2) is 10.9. The van der Waals surface area contributed by atoms with Crippen molar-refractivity contribution in [3.05, 3.63) is 29.1 Å². The number of ether oxygens (including phenoxy) is 2. The monoisotopic (exact) mass is 525 g/mol. The van der Waals surface area contributed by atoms with Crippen LogP contribution in [0.3, 0.4) is 0 Å². The van der Waals surface area contributed by atoms with Gasteiger partial charge in [0, 0.05) is 31.2 Å². The predicted octanol–water partition coefficient (Wildman–Crippen LogP) is 6.07. The Morgan fingerprint density at radius 1 is 1.13 bits per heavy atom. The van der Waals surface area contributed by atoms with Crippen LogP contribution in [0.5, 0.6) is 0 Å². The third-order valence-electron chi connectivity index (χ3n) is 9.67. The second-order valence-electron chi connectivity index (χ2n) is 12.2. The summed E-state index contributed by atoms with van der Waals surface area (Å²) in [5, 5.41) is 9.55. The van der Waals surface area contributed by atoms with Crippen LogP contribution in [-0.4, -0.2) is 58.5 Å². The molecule has 1 aliphatic heterocycles. The first-order valence-electron chi connectivity index (χ1n) is 14.3. The zero-order chi connectivity index (χ0) is 27.0. The minimum atomic E-state index is -0.679. The summed E-state index contributed by atoms with van der Waals surface area (Å²) in [6, 6.07) is 4.70. The number of hydrogen-bond donors (Lipinski definition) is 1. The summed E-state index contributed by atoms with van der Waals surface area (Å²) in [6.45, 7) is 5.89. The van der Waals surface area contributed by atoms with E-state index in [0.29, 0.717) is 32.0 Å². The maximum absolute atomic E-state index is 12.3. The van der Waals surface area contributed by atoms with Gasteiger partial charge < -0.3 is 24.0 Å². The topological polar surface area (TPSA) is 93.9 Å². The van der Waals surface area contributed by atoms with Gasteiger partial charge in [-0.3, -0.25) is 4.79 Å². The molecule has 5 rings (SSSR count). The Balaban J connectivity index is 1.51. The molecule has 0 radical (unpaired) electrons. The van der Waals surface area contributed by atoms with E-state index in [-0.39, 0.29) is 29.4 Å². The van der Waals surface area contributed by atoms with E-state index in [9.17, 15) is 14.7 Å². The van der Waals surface area contributed by atoms with Crippen molar-refractivity contribution in [3.8, 4) is 0 Å². The van der Waals surface area contributed by atoms with Gasteiger partial charge in [-0.1, -0.05) is 13.0 Å². The Morgan fingerprint density at radius 3 is 2.47 bits per heavy atom. The first-order valence-corrected chi connectivity index (χ1v) is 14.3. The number of carboxylic acids is 1. The number of carbonyl (C=O) groups excluding carboxylic acids is 1. The minimum Gasteiger partial charge on any atom is -0.481 e. The summed E-state index contributed by atoms with van der Waals surface area (Å²) in [7, 11) is 3.25. The summed E-state index contributed by atoms with van der Waals surface area (Å²) < 4.78 is 13.1. The highest BCUT2D eigenvalue weighted by Gasteiger charge is 2.36. The molecule has 0 spiro atoms. The number of rotatable bonds is 6. The number of benzene rings is 1. The smallest absolute Gasteiger partial charge is 0.409 e. The van der Waals surface area contributed by atoms with Crippen molar-refractivity contribution in [2.75, 3.05) is 20.8 Å². The van der Waals surface area contributed by atoms with Crippen LogP contribution in [0.25, 0.3) is 11.0 Å². The molecule has 2 fully saturated rings. The minimum absolute atomic E-state index is 0.244. The van der Waals surface area contributed by atoms with Gasteiger partial charge in [0.05, 0.1) is 36.7 Å². The van der Waals surface area contributed by atoms with E-state index in [1.807, 2.05) is 7.11 Å². The van der Waals surface area contributed by atoms with Crippen LogP contribution >= 0.6 is 0 Å². The molecule has 0 bridgehead atoms. The highest BCUT2D eigenvalue weighted by Crippen LogP contribution is 2.45. The molecule has 1 aromatic carbocycles. The van der Waals surface area contributed by atoms with E-state index in [0.717, 1.165) is 73.8 Å². The zero-order valence-electron chi connectivity index (χ0n) is 23.4. The van der Waals surface area contributed by atoms with Crippen LogP contribution in [0.4, 0.5) is 4.79 Å². The molecular weight excluding hydrogens is 482 g/mol. The van der Waals surface area contributed by atoms with Gasteiger partial charge in [0.2, 0.25) is 0 Å². The van der Waals surface area contributed by atoms with Crippen molar-refractivity contribution in [2.24, 2.45) is 11.3 Å². The van der Waals surface area contributed by atoms with Crippen molar-refractivity contribution in [3.63, 3.8) is 0 Å². The van der Waals surface area contributed by atoms with Crippen LogP contribution in [0, 0.1) is 11.3 Å². The van der Waals surface area contributed by atoms with Gasteiger partial charge >= 0.3 is 12.1 Å². The average Bonchev–Trinajstić information content (AvgIpc) is 3.33. The molecule has 2 aromatic rings. The van der Waals surface area contributed by atoms with E-state index in [1.54, 1.807) is 4.90 Å². The van der Waals surface area contributed by atoms with Gasteiger partial charge in [0.15, 0.2) is 0 Å². The molecule has 2 heterocycles. The lowest BCUT2D eigenvalue weighted by Gasteiger charge is -2.39. The molecule has 3 aliphatic rings. The number of methoxy groups -OCH3 is 2. The number of imidazole rings is 1. The van der Waals surface area contributed by atoms with Gasteiger partial charge in [0.25, 0.3) is 0 Å². The summed E-state index contributed by atoms with van der Waals surface area (Å²) in [6.07, 6.45) is 9.54. The maximum atomic E-state index is 12.3. The molecule has 2 aliphatic carbocycles. The Labute approximate surface area is 225 Å². The van der Waals surface area contributed by atoms with Gasteiger partial charge in [-0.2, -0.15) is 0 Å². The van der Waals surface area contributed by atoms with Crippen molar-refractivity contribution in [2.45, 2.75) is 103 Å². The molecule has 8 nitrogen and oxygen atoms in total. The summed E-state index contributed by atoms with van der Waals surface area (Å²) in [5.41, 5.74) is 4.75. The molecule has 1 aromatic heterocycles. The van der Waals surface area contributed by atoms with Crippen LogP contribution in [-0.2, 0) is 27.2 Å². The number of carboxylic acid groups (broad SMARTS) is 1. The maximum Gasteiger partial charge on any atom is 0.409 e. The summed E-state index contributed by atoms with van der Waals surface area (Å²) >= 11 is 0. The third kappa shape index (κ3) is 5.16. The Morgan fingerprint density at radius 2 is 1.84 bits per heavy atom. The van der Waals surface area contributed by atoms with E-state index in [2.05, 4.69) is 30.5 Å². The fourth-order valence-electron chi connectivity index (χ4n) is 7.38. The number of aliphatic carboxylic acids is 1. The SMILES string of the molecule is COC(=O)N1CCc2ccc3c(nc(C4CCC(C(=O)O)CC4)n3[C@@H](C)CC3(C)CCC(OC)CC3)c2C1. The lowest BCUT2D eigenvalue weighted by Crippen LogP contribution is -2.35. The Kier molecular flexibility index (Phi) is 7.72. The molecule has 1 N–H and O–H groups in total. The van der Waals surface area contributed by atoms with Gasteiger partial charge in [0.1, 0.15) is 5.82 Å². The number of amides is 1. The first-order chi connectivity index (χ1) is 18.2. The van der Waals surface area contributed by atoms with E-state index in [1.165, 1.54) is 12.7 Å². The normalized spacial score (nSPS) is 28.6. The van der Waals surface area contributed by atoms with Crippen molar-refractivity contribution in [1.29, 1.82) is 0 Å². The number of aromatic nitrogens is 2. The fraction of sp³-hybridized carbons (Fsp3) is 0.700. The van der Waals surface area contributed by atoms with Crippen LogP contribution in [0.1, 0.15) is 101 Å². The van der Waals surface area contributed by atoms with Crippen LogP contribution < -0.4 is 0 Å². The standard InChI is InChI=1S/C30H43N3O5/c1-19(17-30(2)14-11-23(37-3)12-15-30)33-25-10-9-20-13-16-32(29(36)38-4)18-24(20)26(25)31-27(33)21-5-7-22(8-6-21)28(34)35/h9-10,19,21-23H,5-8,11-18H2,1-4H3,(H,34,35)/t19-,21?,22?,23?,30?/m0/s1. The molecular formula is C30H43N3O5. The van der Waals surface area contributed by atoms with Crippen LogP contribution in [0.15, 0.2) is 12.1 Å². The quantitative estimate of drug-likeness (QED) is 0.492. The molecule has 38 heavy (non-hydrogen) atoms. The van der Waals surface area contributed by atoms with Crippen molar-refractivity contribution < 1.29 is 24.2 Å². The molecule has 1 amide bonds. The van der Waals surface area contributed by atoms with Gasteiger partial charge in [-0.05, 0) is 88.2 Å². The van der Waals surface area contributed by atoms with E-state index < -0.39 is 5.97 Å². The third-order valence-corrected chi connectivity index (χ3v) is 9.67. The molecule has 1 atom stereocenters. The summed E-state index contributed by atoms with van der Waals surface area (Å²) in [4.78, 5) is 31.0. The number of fused-ring (bicyclic) bond motifs is 3. The van der Waals surface area contributed by atoms with E-state index in [4.69, 9.17) is 14.5 Å². The predicted molar refractivity (Wildman–Crippen MR) is 145 cm³/mol. The molecule has 2 saturated carbocycles. The molecule has 0 saturated heterocycles. The number of hydrogen-bond acceptors (Lipinski definition) is 5. The van der Waals surface area contributed by atoms with Crippen molar-refractivity contribution >= 4 is 23.1 Å². The fourth-order valence-corrected chi connectivity index (χ4v) is 7.38. The summed E-state index contributed by atoms with van der Waals surface area (Å²) in [5.74, 6) is 0.405. The van der Waals surface area contributed by atoms with Crippen molar-refractivity contribution in [1.82, 2.24) is 14.5 Å². The highest BCUT2D eigenvalue weighted by atomic mass is 16.5. The Hall–Kier alpha value is -2.61. The van der Waals surface area contributed by atoms with E-state index >= 15 is 0 Å². The number of nitrogens with zero attached hydrogens (tertiary/aromatic N) is 3. The largest absolute Gasteiger partial charge is 0.481 e. The highest BCUT2D eigenvalue weighted by molar-refractivity contribution is 5.82. The molecule has 8 heteroatoms. The first kappa shape index (κ1) is 27.0. The van der Waals surface area contributed by atoms with Gasteiger partial charge in [-0.25, -0.2) is 9.78 Å². The Bertz CT molecular complexity index is 1170. The van der Waals surface area contributed by atoms with Gasteiger partial charge in [-0.15, -0.1) is 0 Å². The zero-order valence-corrected chi connectivity index (χ0v) is 23.4. The second-order valence-corrected chi connectivity index (χ2v) is 12.2. The molecule has 0 unspecified atom stereocenters.